The molecule has 4 atom stereocenters. The SMILES string of the molecule is CC/C=C/C/C=C\C/C=C\C/C=C\C/C=C\CCCSSCCNP(=O)(OC[C@H]1O[C@@H](n2ccc(N)nc2=O)C(F)(F)[C@@H]1O)Oc1ccccc1. The molecule has 1 saturated heterocycles. The van der Waals surface area contributed by atoms with E-state index in [9.17, 15) is 23.2 Å². The maximum absolute atomic E-state index is 15.0. The maximum atomic E-state index is 15.0. The predicted octanol–water partition coefficient (Wildman–Crippen LogP) is 8.43. The molecule has 0 radical (unpaired) electrons. The van der Waals surface area contributed by atoms with E-state index in [-0.39, 0.29) is 18.1 Å². The molecule has 15 heteroatoms. The van der Waals surface area contributed by atoms with Gasteiger partial charge in [-0.3, -0.25) is 9.09 Å². The first-order valence-corrected chi connectivity index (χ1v) is 21.0. The van der Waals surface area contributed by atoms with Crippen LogP contribution in [0, 0.1) is 0 Å². The summed E-state index contributed by atoms with van der Waals surface area (Å²) in [6, 6.07) is 9.42. The Balaban J connectivity index is 1.34. The van der Waals surface area contributed by atoms with Crippen molar-refractivity contribution in [3.8, 4) is 5.75 Å². The first-order valence-electron chi connectivity index (χ1n) is 17.0. The van der Waals surface area contributed by atoms with Gasteiger partial charge < -0.3 is 20.1 Å². The summed E-state index contributed by atoms with van der Waals surface area (Å²) < 4.78 is 60.6. The van der Waals surface area contributed by atoms with E-state index in [0.29, 0.717) is 10.3 Å². The Hall–Kier alpha value is -2.97. The van der Waals surface area contributed by atoms with Crippen LogP contribution in [-0.4, -0.2) is 57.4 Å². The van der Waals surface area contributed by atoms with Crippen molar-refractivity contribution in [3.63, 3.8) is 0 Å². The molecule has 280 valence electrons. The molecule has 0 amide bonds. The van der Waals surface area contributed by atoms with Gasteiger partial charge in [0.2, 0.25) is 6.23 Å². The number of nitrogens with two attached hydrogens (primary N) is 1. The summed E-state index contributed by atoms with van der Waals surface area (Å²) in [6.07, 6.45) is 23.5. The number of hydrogen-bond donors (Lipinski definition) is 3. The zero-order valence-corrected chi connectivity index (χ0v) is 31.3. The van der Waals surface area contributed by atoms with E-state index in [1.54, 1.807) is 51.9 Å². The summed E-state index contributed by atoms with van der Waals surface area (Å²) >= 11 is 0. The normalized spacial score (nSPS) is 20.4. The van der Waals surface area contributed by atoms with Crippen LogP contribution >= 0.6 is 29.3 Å². The molecule has 1 aliphatic heterocycles. The highest BCUT2D eigenvalue weighted by molar-refractivity contribution is 8.76. The summed E-state index contributed by atoms with van der Waals surface area (Å²) in [5.74, 6) is -2.29. The number of allylic oxidation sites excluding steroid dienone is 10. The number of aromatic nitrogens is 2. The van der Waals surface area contributed by atoms with Gasteiger partial charge in [0.05, 0.1) is 6.61 Å². The highest BCUT2D eigenvalue weighted by Gasteiger charge is 2.60. The van der Waals surface area contributed by atoms with Gasteiger partial charge in [-0.1, -0.05) is 107 Å². The number of rotatable bonds is 24. The van der Waals surface area contributed by atoms with E-state index in [1.807, 2.05) is 0 Å². The molecule has 0 saturated carbocycles. The van der Waals surface area contributed by atoms with E-state index in [1.165, 1.54) is 0 Å². The average Bonchev–Trinajstić information content (AvgIpc) is 3.33. The van der Waals surface area contributed by atoms with E-state index in [4.69, 9.17) is 19.5 Å². The highest BCUT2D eigenvalue weighted by Crippen LogP contribution is 2.47. The van der Waals surface area contributed by atoms with E-state index < -0.39 is 44.4 Å². The van der Waals surface area contributed by atoms with Crippen LogP contribution in [0.25, 0.3) is 0 Å². The van der Waals surface area contributed by atoms with Crippen LogP contribution < -0.4 is 21.0 Å². The van der Waals surface area contributed by atoms with Crippen molar-refractivity contribution in [1.82, 2.24) is 14.6 Å². The Morgan fingerprint density at radius 1 is 0.980 bits per heavy atom. The minimum atomic E-state index is -4.09. The monoisotopic (exact) mass is 766 g/mol. The van der Waals surface area contributed by atoms with Crippen LogP contribution in [0.3, 0.4) is 0 Å². The summed E-state index contributed by atoms with van der Waals surface area (Å²) in [5.41, 5.74) is 4.38. The first-order chi connectivity index (χ1) is 24.7. The van der Waals surface area contributed by atoms with Crippen molar-refractivity contribution in [3.05, 3.63) is 114 Å². The molecule has 1 aromatic heterocycles. The lowest BCUT2D eigenvalue weighted by atomic mass is 10.1. The van der Waals surface area contributed by atoms with Gasteiger partial charge in [0.15, 0.2) is 6.10 Å². The molecular weight excluding hydrogens is 718 g/mol. The largest absolute Gasteiger partial charge is 0.458 e. The Morgan fingerprint density at radius 2 is 1.59 bits per heavy atom. The number of aliphatic hydroxyl groups is 1. The molecule has 1 fully saturated rings. The number of ether oxygens (including phenoxy) is 1. The first kappa shape index (κ1) is 42.4. The minimum absolute atomic E-state index is 0.152. The predicted molar refractivity (Wildman–Crippen MR) is 205 cm³/mol. The summed E-state index contributed by atoms with van der Waals surface area (Å²) in [6.45, 7) is 1.66. The van der Waals surface area contributed by atoms with Gasteiger partial charge in [0.25, 0.3) is 0 Å². The van der Waals surface area contributed by atoms with Crippen molar-refractivity contribution < 1.29 is 32.2 Å². The van der Waals surface area contributed by atoms with Gasteiger partial charge in [-0.2, -0.15) is 13.8 Å². The number of unbranched alkanes of at least 4 members (excludes halogenated alkanes) is 1. The van der Waals surface area contributed by atoms with Crippen LogP contribution in [0.4, 0.5) is 14.6 Å². The molecule has 1 aliphatic rings. The lowest BCUT2D eigenvalue weighted by Gasteiger charge is -2.22. The van der Waals surface area contributed by atoms with Crippen molar-refractivity contribution in [2.75, 3.05) is 30.4 Å². The Bertz CT molecular complexity index is 1560. The number of hydrogen-bond acceptors (Lipinski definition) is 10. The molecule has 51 heavy (non-hydrogen) atoms. The van der Waals surface area contributed by atoms with Crippen molar-refractivity contribution >= 4 is 35.2 Å². The van der Waals surface area contributed by atoms with Crippen LogP contribution in [0.1, 0.15) is 58.1 Å². The lowest BCUT2D eigenvalue weighted by molar-refractivity contribution is -0.140. The highest BCUT2D eigenvalue weighted by atomic mass is 33.1. The van der Waals surface area contributed by atoms with E-state index in [2.05, 4.69) is 77.8 Å². The van der Waals surface area contributed by atoms with E-state index >= 15 is 0 Å². The van der Waals surface area contributed by atoms with Crippen molar-refractivity contribution in [1.29, 1.82) is 0 Å². The number of nitrogen functional groups attached to an aromatic ring is 1. The van der Waals surface area contributed by atoms with Gasteiger partial charge in [0.1, 0.15) is 17.7 Å². The minimum Gasteiger partial charge on any atom is -0.413 e. The zero-order chi connectivity index (χ0) is 36.8. The van der Waals surface area contributed by atoms with Gasteiger partial charge in [-0.15, -0.1) is 0 Å². The number of alkyl halides is 2. The fourth-order valence-corrected chi connectivity index (χ4v) is 8.08. The number of nitrogens with zero attached hydrogens (tertiary/aromatic N) is 2. The topological polar surface area (TPSA) is 138 Å². The molecule has 0 bridgehead atoms. The molecule has 1 aromatic carbocycles. The third-order valence-electron chi connectivity index (χ3n) is 7.19. The Morgan fingerprint density at radius 3 is 2.22 bits per heavy atom. The van der Waals surface area contributed by atoms with Gasteiger partial charge in [-0.25, -0.2) is 14.4 Å². The zero-order valence-electron chi connectivity index (χ0n) is 28.8. The molecule has 1 unspecified atom stereocenters. The molecular formula is C36H49F2N4O6PS2. The summed E-state index contributed by atoms with van der Waals surface area (Å²) in [4.78, 5) is 15.6. The van der Waals surface area contributed by atoms with Crippen LogP contribution in [0.5, 0.6) is 5.75 Å². The number of benzene rings is 1. The average molecular weight is 767 g/mol. The molecule has 2 heterocycles. The lowest BCUT2D eigenvalue weighted by Crippen LogP contribution is -2.42. The van der Waals surface area contributed by atoms with Gasteiger partial charge >= 0.3 is 19.4 Å². The fourth-order valence-electron chi connectivity index (χ4n) is 4.58. The van der Waals surface area contributed by atoms with Crippen LogP contribution in [-0.2, 0) is 13.8 Å². The van der Waals surface area contributed by atoms with Crippen molar-refractivity contribution in [2.45, 2.75) is 76.2 Å². The molecule has 0 spiro atoms. The number of halogens is 2. The fraction of sp³-hybridized carbons (Fsp3) is 0.444. The van der Waals surface area contributed by atoms with Gasteiger partial charge in [0, 0.05) is 24.2 Å². The van der Waals surface area contributed by atoms with Crippen LogP contribution in [0.2, 0.25) is 0 Å². The number of anilines is 1. The molecule has 0 aliphatic carbocycles. The summed E-state index contributed by atoms with van der Waals surface area (Å²) in [5, 5.41) is 13.1. The van der Waals surface area contributed by atoms with E-state index in [0.717, 1.165) is 63.0 Å². The molecule has 2 aromatic rings. The van der Waals surface area contributed by atoms with Crippen molar-refractivity contribution in [2.24, 2.45) is 0 Å². The molecule has 3 rings (SSSR count). The van der Waals surface area contributed by atoms with Crippen LogP contribution in [0.15, 0.2) is 108 Å². The quantitative estimate of drug-likeness (QED) is 0.0411. The second kappa shape index (κ2) is 23.6. The third-order valence-corrected chi connectivity index (χ3v) is 11.2. The number of para-hydroxylation sites is 1. The number of aliphatic hydroxyl groups excluding tert-OH is 1. The third kappa shape index (κ3) is 15.7. The smallest absolute Gasteiger partial charge is 0.413 e. The van der Waals surface area contributed by atoms with Gasteiger partial charge in [-0.05, 0) is 63.1 Å². The summed E-state index contributed by atoms with van der Waals surface area (Å²) in [7, 11) is -0.806. The molecule has 4 N–H and O–H groups in total. The number of nitrogens with one attached hydrogen (secondary N) is 1. The Kier molecular flexibility index (Phi) is 19.6. The molecule has 10 nitrogen and oxygen atoms in total. The standard InChI is InChI=1S/C36H49F2N4O6PS2/c1-2-3-4-5-6-7-8-9-10-11-12-13-14-15-16-17-21-27-50-51-28-25-40-49(45,48-30-22-19-18-20-23-30)46-29-31-33(43)36(37,38)34(47-31)42-26-24-32(39)41-35(42)44/h3-4,6-7,9-10,12-13,15-16,18-20,22-24,26,31,33-34,43H,2,5,8,11,14,17,21,25,27-29H2,1H3,(H,40,45)(H2,39,41,44)/b4-3+,7-6-,10-9-,13-12-,16-15-/t31-,33-,34-,49?/m1/s1. The second-order valence-corrected chi connectivity index (χ2v) is 15.7. The maximum Gasteiger partial charge on any atom is 0.458 e. The second-order valence-electron chi connectivity index (χ2n) is 11.3. The Labute approximate surface area is 307 Å².